The molecule has 0 fully saturated rings. The SMILES string of the molecule is CC1=NC2=[N+](C)C(=O)N(C)C(=O)C2C(N)=C1c1ccccc1. The molecule has 22 heavy (non-hydrogen) atoms. The Morgan fingerprint density at radius 3 is 2.50 bits per heavy atom. The van der Waals surface area contributed by atoms with Crippen LogP contribution in [-0.4, -0.2) is 47.1 Å². The van der Waals surface area contributed by atoms with Gasteiger partial charge in [-0.2, -0.15) is 9.48 Å². The van der Waals surface area contributed by atoms with Gasteiger partial charge in [0.1, 0.15) is 5.71 Å². The first-order chi connectivity index (χ1) is 10.4. The van der Waals surface area contributed by atoms with Gasteiger partial charge in [-0.3, -0.25) is 4.79 Å². The van der Waals surface area contributed by atoms with Crippen LogP contribution in [0.3, 0.4) is 0 Å². The number of carbonyl (C=O) groups is 2. The molecule has 0 bridgehead atoms. The van der Waals surface area contributed by atoms with Crippen LogP contribution in [0.1, 0.15) is 12.5 Å². The number of imide groups is 1. The summed E-state index contributed by atoms with van der Waals surface area (Å²) in [4.78, 5) is 30.1. The lowest BCUT2D eigenvalue weighted by Gasteiger charge is -2.28. The maximum atomic E-state index is 12.5. The molecule has 0 saturated heterocycles. The van der Waals surface area contributed by atoms with Crippen molar-refractivity contribution in [3.8, 4) is 0 Å². The zero-order chi connectivity index (χ0) is 16.0. The highest BCUT2D eigenvalue weighted by Gasteiger charge is 2.48. The van der Waals surface area contributed by atoms with E-state index in [0.29, 0.717) is 17.2 Å². The molecule has 0 spiro atoms. The first-order valence-corrected chi connectivity index (χ1v) is 6.96. The number of hydrogen-bond acceptors (Lipinski definition) is 4. The fourth-order valence-electron chi connectivity index (χ4n) is 2.89. The van der Waals surface area contributed by atoms with Crippen molar-refractivity contribution < 1.29 is 14.2 Å². The lowest BCUT2D eigenvalue weighted by Crippen LogP contribution is -2.54. The maximum absolute atomic E-state index is 12.5. The molecule has 0 aliphatic carbocycles. The molecule has 2 aliphatic heterocycles. The van der Waals surface area contributed by atoms with Gasteiger partial charge in [-0.25, -0.2) is 4.79 Å². The van der Waals surface area contributed by atoms with Crippen molar-refractivity contribution in [1.29, 1.82) is 0 Å². The molecular weight excluding hydrogens is 280 g/mol. The van der Waals surface area contributed by atoms with E-state index in [4.69, 9.17) is 5.73 Å². The molecular formula is C16H17N4O2+. The lowest BCUT2D eigenvalue weighted by molar-refractivity contribution is -0.407. The van der Waals surface area contributed by atoms with Gasteiger partial charge in [0.05, 0.1) is 14.1 Å². The third-order valence-corrected chi connectivity index (χ3v) is 4.06. The van der Waals surface area contributed by atoms with Gasteiger partial charge in [-0.05, 0) is 12.5 Å². The van der Waals surface area contributed by atoms with E-state index in [9.17, 15) is 9.59 Å². The number of urea groups is 1. The summed E-state index contributed by atoms with van der Waals surface area (Å²) in [5.74, 6) is -0.672. The fraction of sp³-hybridized carbons (Fsp3) is 0.250. The minimum absolute atomic E-state index is 0.347. The second kappa shape index (κ2) is 4.91. The van der Waals surface area contributed by atoms with Crippen LogP contribution in [0.15, 0.2) is 41.0 Å². The highest BCUT2D eigenvalue weighted by Crippen LogP contribution is 2.30. The summed E-state index contributed by atoms with van der Waals surface area (Å²) in [6.07, 6.45) is 0. The summed E-state index contributed by atoms with van der Waals surface area (Å²) in [5.41, 5.74) is 9.12. The number of dihydropyridines is 1. The molecule has 2 heterocycles. The summed E-state index contributed by atoms with van der Waals surface area (Å²) in [6, 6.07) is 9.19. The summed E-state index contributed by atoms with van der Waals surface area (Å²) in [6.45, 7) is 1.83. The van der Waals surface area contributed by atoms with Gasteiger partial charge in [0, 0.05) is 11.3 Å². The van der Waals surface area contributed by atoms with E-state index in [2.05, 4.69) is 4.99 Å². The van der Waals surface area contributed by atoms with Crippen molar-refractivity contribution in [2.24, 2.45) is 16.6 Å². The molecule has 2 N–H and O–H groups in total. The van der Waals surface area contributed by atoms with Crippen molar-refractivity contribution >= 4 is 29.1 Å². The first kappa shape index (κ1) is 14.2. The number of benzene rings is 1. The fourth-order valence-corrected chi connectivity index (χ4v) is 2.89. The summed E-state index contributed by atoms with van der Waals surface area (Å²) in [7, 11) is 3.06. The van der Waals surface area contributed by atoms with E-state index in [0.717, 1.165) is 16.0 Å². The Morgan fingerprint density at radius 1 is 1.23 bits per heavy atom. The summed E-state index contributed by atoms with van der Waals surface area (Å²) < 4.78 is 1.38. The molecule has 6 nitrogen and oxygen atoms in total. The largest absolute Gasteiger partial charge is 0.445 e. The second-order valence-electron chi connectivity index (χ2n) is 5.42. The predicted octanol–water partition coefficient (Wildman–Crippen LogP) is 1.08. The second-order valence-corrected chi connectivity index (χ2v) is 5.42. The molecule has 6 heteroatoms. The van der Waals surface area contributed by atoms with Crippen LogP contribution in [-0.2, 0) is 4.79 Å². The molecule has 112 valence electrons. The zero-order valence-electron chi connectivity index (χ0n) is 12.7. The van der Waals surface area contributed by atoms with Gasteiger partial charge < -0.3 is 5.73 Å². The Morgan fingerprint density at radius 2 is 1.86 bits per heavy atom. The van der Waals surface area contributed by atoms with Crippen LogP contribution >= 0.6 is 0 Å². The molecule has 0 saturated carbocycles. The van der Waals surface area contributed by atoms with Gasteiger partial charge in [-0.15, -0.1) is 4.99 Å². The Balaban J connectivity index is 2.24. The maximum Gasteiger partial charge on any atom is 0.445 e. The number of hydrogen-bond donors (Lipinski definition) is 1. The van der Waals surface area contributed by atoms with Crippen LogP contribution in [0, 0.1) is 5.92 Å². The molecule has 2 aliphatic rings. The molecule has 3 amide bonds. The highest BCUT2D eigenvalue weighted by molar-refractivity contribution is 6.31. The topological polar surface area (TPSA) is 78.8 Å². The number of amidine groups is 1. The molecule has 1 unspecified atom stereocenters. The van der Waals surface area contributed by atoms with Crippen LogP contribution in [0.4, 0.5) is 4.79 Å². The minimum atomic E-state index is -0.716. The summed E-state index contributed by atoms with van der Waals surface area (Å²) >= 11 is 0. The van der Waals surface area contributed by atoms with Gasteiger partial charge >= 0.3 is 11.9 Å². The molecule has 3 rings (SSSR count). The average Bonchev–Trinajstić information content (AvgIpc) is 2.51. The monoisotopic (exact) mass is 297 g/mol. The lowest BCUT2D eigenvalue weighted by atomic mass is 9.88. The number of nitrogens with two attached hydrogens (primary N) is 1. The Hall–Kier alpha value is -2.76. The minimum Gasteiger partial charge on any atom is -0.400 e. The first-order valence-electron chi connectivity index (χ1n) is 6.96. The van der Waals surface area contributed by atoms with E-state index in [-0.39, 0.29) is 5.91 Å². The third kappa shape index (κ3) is 1.88. The van der Waals surface area contributed by atoms with Crippen molar-refractivity contribution in [3.05, 3.63) is 41.6 Å². The van der Waals surface area contributed by atoms with E-state index >= 15 is 0 Å². The van der Waals surface area contributed by atoms with Gasteiger partial charge in [0.25, 0.3) is 5.84 Å². The number of allylic oxidation sites excluding steroid dienone is 1. The molecule has 1 atom stereocenters. The van der Waals surface area contributed by atoms with Crippen molar-refractivity contribution in [1.82, 2.24) is 4.90 Å². The number of aliphatic imine (C=N–C) groups is 1. The van der Waals surface area contributed by atoms with Gasteiger partial charge in [0.15, 0.2) is 5.92 Å². The number of amides is 3. The third-order valence-electron chi connectivity index (χ3n) is 4.06. The van der Waals surface area contributed by atoms with Crippen LogP contribution < -0.4 is 5.73 Å². The Bertz CT molecular complexity index is 775. The predicted molar refractivity (Wildman–Crippen MR) is 83.5 cm³/mol. The number of carbonyl (C=O) groups excluding carboxylic acids is 2. The summed E-state index contributed by atoms with van der Waals surface area (Å²) in [5, 5.41) is 0. The number of rotatable bonds is 1. The van der Waals surface area contributed by atoms with E-state index in [1.165, 1.54) is 11.6 Å². The van der Waals surface area contributed by atoms with Gasteiger partial charge in [-0.1, -0.05) is 30.3 Å². The molecule has 0 radical (unpaired) electrons. The standard InChI is InChI=1S/C16H16N4O2/c1-9-11(10-7-5-4-6-8-10)13(17)12-14(18-9)19(2)16(22)20(3)15(12)21/h4-8,12,17H,1-3H3/p+1. The van der Waals surface area contributed by atoms with E-state index in [1.54, 1.807) is 7.05 Å². The van der Waals surface area contributed by atoms with Crippen molar-refractivity contribution in [3.63, 3.8) is 0 Å². The average molecular weight is 297 g/mol. The van der Waals surface area contributed by atoms with Crippen LogP contribution in [0.25, 0.3) is 5.57 Å². The zero-order valence-corrected chi connectivity index (χ0v) is 12.7. The number of fused-ring (bicyclic) bond motifs is 1. The van der Waals surface area contributed by atoms with E-state index in [1.807, 2.05) is 37.3 Å². The smallest absolute Gasteiger partial charge is 0.400 e. The van der Waals surface area contributed by atoms with Gasteiger partial charge in [0.2, 0.25) is 0 Å². The van der Waals surface area contributed by atoms with Crippen molar-refractivity contribution in [2.45, 2.75) is 6.92 Å². The number of nitrogens with zero attached hydrogens (tertiary/aromatic N) is 3. The molecule has 1 aromatic rings. The van der Waals surface area contributed by atoms with Crippen molar-refractivity contribution in [2.75, 3.05) is 14.1 Å². The highest BCUT2D eigenvalue weighted by atomic mass is 16.2. The van der Waals surface area contributed by atoms with E-state index < -0.39 is 11.9 Å². The quantitative estimate of drug-likeness (QED) is 0.788. The molecule has 0 aromatic heterocycles. The normalized spacial score (nSPS) is 22.0. The Kier molecular flexibility index (Phi) is 3.16. The van der Waals surface area contributed by atoms with Crippen LogP contribution in [0.5, 0.6) is 0 Å². The molecule has 1 aromatic carbocycles. The van der Waals surface area contributed by atoms with Crippen LogP contribution in [0.2, 0.25) is 0 Å². The Labute approximate surface area is 128 Å².